The number of ether oxygens (including phenoxy) is 2. The van der Waals surface area contributed by atoms with Crippen LogP contribution < -0.4 is 0 Å². The summed E-state index contributed by atoms with van der Waals surface area (Å²) < 4.78 is 42.3. The van der Waals surface area contributed by atoms with Gasteiger partial charge in [0.1, 0.15) is 12.4 Å². The van der Waals surface area contributed by atoms with E-state index < -0.39 is 22.0 Å². The zero-order chi connectivity index (χ0) is 24.9. The van der Waals surface area contributed by atoms with Gasteiger partial charge in [0.15, 0.2) is 0 Å². The van der Waals surface area contributed by atoms with Crippen LogP contribution in [0.4, 0.5) is 0 Å². The first-order valence-corrected chi connectivity index (χ1v) is 12.2. The quantitative estimate of drug-likeness (QED) is 0.513. The molecular formula is C23H28N2O8S. The van der Waals surface area contributed by atoms with Crippen LogP contribution >= 0.6 is 0 Å². The third-order valence-electron chi connectivity index (χ3n) is 5.52. The Bertz CT molecular complexity index is 1160. The first-order chi connectivity index (χ1) is 16.1. The average molecular weight is 493 g/mol. The first-order valence-electron chi connectivity index (χ1n) is 10.8. The largest absolute Gasteiger partial charge is 0.463 e. The SMILES string of the molecule is COC(=O)c1ccc(COC(=O)CCC(=O)N2CCN(S(=O)(=O)c3cc(C)ccc3C)CC2)o1. The van der Waals surface area contributed by atoms with Crippen molar-refractivity contribution >= 4 is 27.9 Å². The fourth-order valence-electron chi connectivity index (χ4n) is 3.56. The van der Waals surface area contributed by atoms with Crippen LogP contribution in [0.1, 0.15) is 40.3 Å². The summed E-state index contributed by atoms with van der Waals surface area (Å²) in [5.41, 5.74) is 1.54. The Morgan fingerprint density at radius 2 is 1.71 bits per heavy atom. The van der Waals surface area contributed by atoms with E-state index in [9.17, 15) is 22.8 Å². The van der Waals surface area contributed by atoms with Gasteiger partial charge in [-0.05, 0) is 43.2 Å². The Kier molecular flexibility index (Phi) is 8.11. The van der Waals surface area contributed by atoms with Gasteiger partial charge in [-0.1, -0.05) is 12.1 Å². The van der Waals surface area contributed by atoms with E-state index in [4.69, 9.17) is 9.15 Å². The number of esters is 2. The molecule has 0 radical (unpaired) electrons. The van der Waals surface area contributed by atoms with Crippen LogP contribution in [-0.2, 0) is 35.7 Å². The third-order valence-corrected chi connectivity index (χ3v) is 7.56. The summed E-state index contributed by atoms with van der Waals surface area (Å²) >= 11 is 0. The fraction of sp³-hybridized carbons (Fsp3) is 0.435. The highest BCUT2D eigenvalue weighted by Gasteiger charge is 2.31. The molecule has 34 heavy (non-hydrogen) atoms. The lowest BCUT2D eigenvalue weighted by Crippen LogP contribution is -2.50. The van der Waals surface area contributed by atoms with Crippen molar-refractivity contribution in [3.63, 3.8) is 0 Å². The summed E-state index contributed by atoms with van der Waals surface area (Å²) in [5, 5.41) is 0. The van der Waals surface area contributed by atoms with E-state index in [0.29, 0.717) is 5.56 Å². The topological polar surface area (TPSA) is 123 Å². The van der Waals surface area contributed by atoms with E-state index in [1.54, 1.807) is 24.0 Å². The molecular weight excluding hydrogens is 464 g/mol. The van der Waals surface area contributed by atoms with Crippen molar-refractivity contribution in [2.24, 2.45) is 0 Å². The van der Waals surface area contributed by atoms with Crippen LogP contribution in [0.2, 0.25) is 0 Å². The molecule has 11 heteroatoms. The minimum absolute atomic E-state index is 0.00226. The molecule has 0 unspecified atom stereocenters. The second-order valence-electron chi connectivity index (χ2n) is 7.97. The smallest absolute Gasteiger partial charge is 0.373 e. The number of methoxy groups -OCH3 is 1. The Morgan fingerprint density at radius 3 is 2.38 bits per heavy atom. The number of furan rings is 1. The lowest BCUT2D eigenvalue weighted by Gasteiger charge is -2.34. The number of aryl methyl sites for hydroxylation is 2. The van der Waals surface area contributed by atoms with E-state index in [1.165, 1.54) is 23.5 Å². The molecule has 0 spiro atoms. The van der Waals surface area contributed by atoms with E-state index in [1.807, 2.05) is 13.0 Å². The highest BCUT2D eigenvalue weighted by Crippen LogP contribution is 2.22. The first kappa shape index (κ1) is 25.4. The number of hydrogen-bond acceptors (Lipinski definition) is 8. The van der Waals surface area contributed by atoms with E-state index in [2.05, 4.69) is 4.74 Å². The van der Waals surface area contributed by atoms with Crippen molar-refractivity contribution in [3.8, 4) is 0 Å². The molecule has 1 saturated heterocycles. The second-order valence-corrected chi connectivity index (χ2v) is 9.88. The minimum Gasteiger partial charge on any atom is -0.463 e. The number of benzene rings is 1. The maximum absolute atomic E-state index is 13.0. The zero-order valence-corrected chi connectivity index (χ0v) is 20.2. The molecule has 0 aliphatic carbocycles. The lowest BCUT2D eigenvalue weighted by atomic mass is 10.2. The van der Waals surface area contributed by atoms with Gasteiger partial charge in [0, 0.05) is 32.6 Å². The molecule has 2 aromatic rings. The normalized spacial score (nSPS) is 14.6. The predicted octanol–water partition coefficient (Wildman–Crippen LogP) is 2.04. The third kappa shape index (κ3) is 6.03. The molecule has 1 amide bonds. The van der Waals surface area contributed by atoms with Gasteiger partial charge in [-0.25, -0.2) is 13.2 Å². The summed E-state index contributed by atoms with van der Waals surface area (Å²) in [6.45, 7) is 4.31. The van der Waals surface area contributed by atoms with Crippen molar-refractivity contribution in [1.82, 2.24) is 9.21 Å². The Morgan fingerprint density at radius 1 is 1.00 bits per heavy atom. The van der Waals surface area contributed by atoms with Crippen LogP contribution in [-0.4, -0.2) is 68.8 Å². The van der Waals surface area contributed by atoms with Crippen molar-refractivity contribution < 1.29 is 36.7 Å². The molecule has 0 atom stereocenters. The molecule has 1 aromatic carbocycles. The van der Waals surface area contributed by atoms with E-state index in [-0.39, 0.29) is 68.0 Å². The molecule has 1 fully saturated rings. The van der Waals surface area contributed by atoms with Crippen LogP contribution in [0.25, 0.3) is 0 Å². The van der Waals surface area contributed by atoms with Gasteiger partial charge in [-0.3, -0.25) is 9.59 Å². The van der Waals surface area contributed by atoms with Crippen molar-refractivity contribution in [1.29, 1.82) is 0 Å². The molecule has 184 valence electrons. The number of rotatable bonds is 8. The van der Waals surface area contributed by atoms with Gasteiger partial charge in [0.2, 0.25) is 21.7 Å². The molecule has 0 N–H and O–H groups in total. The number of piperazine rings is 1. The maximum Gasteiger partial charge on any atom is 0.373 e. The minimum atomic E-state index is -3.65. The van der Waals surface area contributed by atoms with Crippen molar-refractivity contribution in [2.75, 3.05) is 33.3 Å². The summed E-state index contributed by atoms with van der Waals surface area (Å²) in [6, 6.07) is 8.22. The fourth-order valence-corrected chi connectivity index (χ4v) is 5.29. The van der Waals surface area contributed by atoms with Gasteiger partial charge >= 0.3 is 11.9 Å². The Hall–Kier alpha value is -3.18. The number of sulfonamides is 1. The number of nitrogens with zero attached hydrogens (tertiary/aromatic N) is 2. The highest BCUT2D eigenvalue weighted by molar-refractivity contribution is 7.89. The number of carbonyl (C=O) groups is 3. The van der Waals surface area contributed by atoms with E-state index >= 15 is 0 Å². The number of hydrogen-bond donors (Lipinski definition) is 0. The van der Waals surface area contributed by atoms with Gasteiger partial charge in [0.05, 0.1) is 18.4 Å². The maximum atomic E-state index is 13.0. The van der Waals surface area contributed by atoms with Crippen LogP contribution in [0, 0.1) is 13.8 Å². The number of amides is 1. The molecule has 0 bridgehead atoms. The predicted molar refractivity (Wildman–Crippen MR) is 120 cm³/mol. The van der Waals surface area contributed by atoms with Gasteiger partial charge in [-0.15, -0.1) is 0 Å². The Balaban J connectivity index is 1.44. The summed E-state index contributed by atoms with van der Waals surface area (Å²) in [5.74, 6) is -1.18. The molecule has 2 heterocycles. The Labute approximate surface area is 198 Å². The van der Waals surface area contributed by atoms with Gasteiger partial charge < -0.3 is 18.8 Å². The average Bonchev–Trinajstić information content (AvgIpc) is 3.31. The molecule has 10 nitrogen and oxygen atoms in total. The molecule has 3 rings (SSSR count). The van der Waals surface area contributed by atoms with E-state index in [0.717, 1.165) is 5.56 Å². The van der Waals surface area contributed by atoms with Crippen molar-refractivity contribution in [3.05, 3.63) is 53.0 Å². The van der Waals surface area contributed by atoms with Crippen LogP contribution in [0.15, 0.2) is 39.6 Å². The van der Waals surface area contributed by atoms with Crippen LogP contribution in [0.3, 0.4) is 0 Å². The monoisotopic (exact) mass is 492 g/mol. The highest BCUT2D eigenvalue weighted by atomic mass is 32.2. The molecule has 1 aliphatic heterocycles. The molecule has 1 aliphatic rings. The number of carbonyl (C=O) groups excluding carboxylic acids is 3. The summed E-state index contributed by atoms with van der Waals surface area (Å²) in [6.07, 6.45) is -0.168. The molecule has 0 saturated carbocycles. The van der Waals surface area contributed by atoms with Crippen molar-refractivity contribution in [2.45, 2.75) is 38.2 Å². The zero-order valence-electron chi connectivity index (χ0n) is 19.4. The standard InChI is InChI=1S/C23H28N2O8S/c1-16-4-5-17(2)20(14-16)34(29,30)25-12-10-24(11-13-25)21(26)8-9-22(27)32-15-18-6-7-19(33-18)23(28)31-3/h4-7,14H,8-13,15H2,1-3H3. The molecule has 1 aromatic heterocycles. The summed E-state index contributed by atoms with van der Waals surface area (Å²) in [4.78, 5) is 37.7. The summed E-state index contributed by atoms with van der Waals surface area (Å²) in [7, 11) is -2.42. The lowest BCUT2D eigenvalue weighted by molar-refractivity contribution is -0.148. The van der Waals surface area contributed by atoms with Gasteiger partial charge in [0.25, 0.3) is 0 Å². The second kappa shape index (κ2) is 10.8. The van der Waals surface area contributed by atoms with Crippen LogP contribution in [0.5, 0.6) is 0 Å². The van der Waals surface area contributed by atoms with Gasteiger partial charge in [-0.2, -0.15) is 4.31 Å².